The number of anilines is 3. The van der Waals surface area contributed by atoms with E-state index in [1.807, 2.05) is 0 Å². The van der Waals surface area contributed by atoms with Crippen molar-refractivity contribution in [1.82, 2.24) is 0 Å². The van der Waals surface area contributed by atoms with Crippen molar-refractivity contribution in [2.75, 3.05) is 4.90 Å². The van der Waals surface area contributed by atoms with Crippen LogP contribution in [0.25, 0.3) is 88.0 Å². The fourth-order valence-corrected chi connectivity index (χ4v) is 8.63. The van der Waals surface area contributed by atoms with Gasteiger partial charge in [-0.25, -0.2) is 0 Å². The standard InChI is InChI=1S/C56H37NO/c1-3-15-38(16-4-1)45-34-46(39-17-5-2-6-18-39)37-48(36-45)57(47-23-13-22-43(35-47)44-30-29-40-19-7-8-21-42(40)33-44)53-27-12-11-25-50(53)51-26-14-28-54-55(51)52-32-31-41-20-9-10-24-49(41)56(52)58-54/h1-37H. The Morgan fingerprint density at radius 3 is 1.69 bits per heavy atom. The highest BCUT2D eigenvalue weighted by molar-refractivity contribution is 6.19. The molecule has 10 aromatic carbocycles. The summed E-state index contributed by atoms with van der Waals surface area (Å²) >= 11 is 0. The van der Waals surface area contributed by atoms with Gasteiger partial charge in [-0.1, -0.05) is 170 Å². The van der Waals surface area contributed by atoms with Gasteiger partial charge in [-0.3, -0.25) is 0 Å². The van der Waals surface area contributed by atoms with Crippen molar-refractivity contribution in [3.05, 3.63) is 224 Å². The van der Waals surface area contributed by atoms with Crippen LogP contribution in [0, 0.1) is 0 Å². The van der Waals surface area contributed by atoms with E-state index >= 15 is 0 Å². The average Bonchev–Trinajstić information content (AvgIpc) is 3.70. The first-order valence-electron chi connectivity index (χ1n) is 19.8. The Hall–Kier alpha value is -7.68. The number of nitrogens with zero attached hydrogens (tertiary/aromatic N) is 1. The highest BCUT2D eigenvalue weighted by Gasteiger charge is 2.22. The molecule has 1 aromatic heterocycles. The van der Waals surface area contributed by atoms with Crippen molar-refractivity contribution in [3.8, 4) is 44.5 Å². The minimum Gasteiger partial charge on any atom is -0.455 e. The van der Waals surface area contributed by atoms with E-state index in [1.54, 1.807) is 0 Å². The predicted octanol–water partition coefficient (Wildman–Crippen LogP) is 16.0. The molecule has 0 unspecified atom stereocenters. The molecule has 0 bridgehead atoms. The molecule has 0 radical (unpaired) electrons. The third-order valence-electron chi connectivity index (χ3n) is 11.4. The van der Waals surface area contributed by atoms with Crippen LogP contribution >= 0.6 is 0 Å². The molecule has 1 heterocycles. The van der Waals surface area contributed by atoms with Crippen LogP contribution in [0.15, 0.2) is 229 Å². The molecule has 0 saturated heterocycles. The summed E-state index contributed by atoms with van der Waals surface area (Å²) in [6.45, 7) is 0. The summed E-state index contributed by atoms with van der Waals surface area (Å²) in [7, 11) is 0. The van der Waals surface area contributed by atoms with Gasteiger partial charge in [0.15, 0.2) is 0 Å². The van der Waals surface area contributed by atoms with Gasteiger partial charge in [0.2, 0.25) is 0 Å². The van der Waals surface area contributed by atoms with E-state index in [0.717, 1.165) is 72.2 Å². The molecule has 0 saturated carbocycles. The molecule has 11 rings (SSSR count). The molecule has 2 nitrogen and oxygen atoms in total. The predicted molar refractivity (Wildman–Crippen MR) is 245 cm³/mol. The highest BCUT2D eigenvalue weighted by Crippen LogP contribution is 2.47. The fraction of sp³-hybridized carbons (Fsp3) is 0. The maximum Gasteiger partial charge on any atom is 0.143 e. The molecule has 2 heteroatoms. The minimum atomic E-state index is 0.876. The lowest BCUT2D eigenvalue weighted by molar-refractivity contribution is 0.673. The molecular weight excluding hydrogens is 703 g/mol. The van der Waals surface area contributed by atoms with Gasteiger partial charge in [-0.2, -0.15) is 0 Å². The molecule has 11 aromatic rings. The van der Waals surface area contributed by atoms with Crippen LogP contribution in [0.2, 0.25) is 0 Å². The van der Waals surface area contributed by atoms with E-state index in [-0.39, 0.29) is 0 Å². The Morgan fingerprint density at radius 2 is 0.897 bits per heavy atom. The third kappa shape index (κ3) is 5.91. The first-order valence-corrected chi connectivity index (χ1v) is 19.8. The zero-order chi connectivity index (χ0) is 38.4. The maximum absolute atomic E-state index is 6.71. The second-order valence-corrected chi connectivity index (χ2v) is 14.9. The number of fused-ring (bicyclic) bond motifs is 6. The van der Waals surface area contributed by atoms with E-state index in [0.29, 0.717) is 0 Å². The lowest BCUT2D eigenvalue weighted by Crippen LogP contribution is -2.12. The van der Waals surface area contributed by atoms with Gasteiger partial charge in [0, 0.05) is 33.1 Å². The van der Waals surface area contributed by atoms with Crippen molar-refractivity contribution in [2.45, 2.75) is 0 Å². The zero-order valence-corrected chi connectivity index (χ0v) is 31.7. The third-order valence-corrected chi connectivity index (χ3v) is 11.4. The van der Waals surface area contributed by atoms with Gasteiger partial charge in [0.1, 0.15) is 11.2 Å². The Bertz CT molecular complexity index is 3230. The van der Waals surface area contributed by atoms with Gasteiger partial charge in [0.05, 0.1) is 5.69 Å². The van der Waals surface area contributed by atoms with Gasteiger partial charge in [0.25, 0.3) is 0 Å². The molecule has 0 N–H and O–H groups in total. The van der Waals surface area contributed by atoms with Crippen LogP contribution in [0.4, 0.5) is 17.1 Å². The van der Waals surface area contributed by atoms with E-state index in [2.05, 4.69) is 229 Å². The number of furan rings is 1. The summed E-state index contributed by atoms with van der Waals surface area (Å²) in [5, 5.41) is 6.97. The first-order chi connectivity index (χ1) is 28.7. The van der Waals surface area contributed by atoms with Crippen LogP contribution < -0.4 is 4.90 Å². The summed E-state index contributed by atoms with van der Waals surface area (Å²) in [5.41, 5.74) is 14.2. The number of benzene rings is 10. The summed E-state index contributed by atoms with van der Waals surface area (Å²) in [5.74, 6) is 0. The van der Waals surface area contributed by atoms with Crippen LogP contribution in [0.3, 0.4) is 0 Å². The number of hydrogen-bond acceptors (Lipinski definition) is 2. The summed E-state index contributed by atoms with van der Waals surface area (Å²) in [4.78, 5) is 2.44. The normalized spacial score (nSPS) is 11.4. The molecule has 272 valence electrons. The van der Waals surface area contributed by atoms with E-state index in [9.17, 15) is 0 Å². The second-order valence-electron chi connectivity index (χ2n) is 14.9. The van der Waals surface area contributed by atoms with E-state index < -0.39 is 0 Å². The zero-order valence-electron chi connectivity index (χ0n) is 31.7. The topological polar surface area (TPSA) is 16.4 Å². The monoisotopic (exact) mass is 739 g/mol. The highest BCUT2D eigenvalue weighted by atomic mass is 16.3. The Kier molecular flexibility index (Phi) is 8.19. The van der Waals surface area contributed by atoms with Gasteiger partial charge in [-0.05, 0) is 110 Å². The summed E-state index contributed by atoms with van der Waals surface area (Å²) < 4.78 is 6.71. The summed E-state index contributed by atoms with van der Waals surface area (Å²) in [6, 6.07) is 80.8. The fourth-order valence-electron chi connectivity index (χ4n) is 8.63. The van der Waals surface area contributed by atoms with Crippen LogP contribution in [-0.2, 0) is 0 Å². The van der Waals surface area contributed by atoms with E-state index in [1.165, 1.54) is 32.8 Å². The molecule has 0 aliphatic rings. The molecular formula is C56H37NO. The van der Waals surface area contributed by atoms with Crippen LogP contribution in [-0.4, -0.2) is 0 Å². The van der Waals surface area contributed by atoms with Crippen molar-refractivity contribution in [3.63, 3.8) is 0 Å². The average molecular weight is 740 g/mol. The van der Waals surface area contributed by atoms with Crippen molar-refractivity contribution >= 4 is 60.5 Å². The smallest absolute Gasteiger partial charge is 0.143 e. The molecule has 0 fully saturated rings. The molecule has 58 heavy (non-hydrogen) atoms. The quantitative estimate of drug-likeness (QED) is 0.162. The Balaban J connectivity index is 1.18. The summed E-state index contributed by atoms with van der Waals surface area (Å²) in [6.07, 6.45) is 0. The molecule has 0 spiro atoms. The first kappa shape index (κ1) is 33.6. The molecule has 0 aliphatic carbocycles. The van der Waals surface area contributed by atoms with Crippen LogP contribution in [0.5, 0.6) is 0 Å². The van der Waals surface area contributed by atoms with Crippen LogP contribution in [0.1, 0.15) is 0 Å². The molecule has 0 amide bonds. The lowest BCUT2D eigenvalue weighted by Gasteiger charge is -2.29. The number of hydrogen-bond donors (Lipinski definition) is 0. The lowest BCUT2D eigenvalue weighted by atomic mass is 9.94. The van der Waals surface area contributed by atoms with Crippen molar-refractivity contribution < 1.29 is 4.42 Å². The second kappa shape index (κ2) is 14.1. The number of para-hydroxylation sites is 1. The van der Waals surface area contributed by atoms with E-state index in [4.69, 9.17) is 4.42 Å². The maximum atomic E-state index is 6.71. The van der Waals surface area contributed by atoms with Gasteiger partial charge < -0.3 is 9.32 Å². The Labute approximate surface area is 337 Å². The largest absolute Gasteiger partial charge is 0.455 e. The van der Waals surface area contributed by atoms with Crippen molar-refractivity contribution in [2.24, 2.45) is 0 Å². The number of rotatable bonds is 7. The Morgan fingerprint density at radius 1 is 0.310 bits per heavy atom. The molecule has 0 aliphatic heterocycles. The SMILES string of the molecule is c1ccc(-c2cc(-c3ccccc3)cc(N(c3cccc(-c4ccc5ccccc5c4)c3)c3ccccc3-c3cccc4oc5c6ccccc6ccc5c34)c2)cc1. The van der Waals surface area contributed by atoms with Gasteiger partial charge >= 0.3 is 0 Å². The molecule has 0 atom stereocenters. The van der Waals surface area contributed by atoms with Gasteiger partial charge in [-0.15, -0.1) is 0 Å². The minimum absolute atomic E-state index is 0.876. The van der Waals surface area contributed by atoms with Crippen molar-refractivity contribution in [1.29, 1.82) is 0 Å².